The van der Waals surface area contributed by atoms with Crippen LogP contribution in [0.1, 0.15) is 11.1 Å². The van der Waals surface area contributed by atoms with Gasteiger partial charge < -0.3 is 5.73 Å². The van der Waals surface area contributed by atoms with E-state index in [1.54, 1.807) is 0 Å². The van der Waals surface area contributed by atoms with Gasteiger partial charge in [0.25, 0.3) is 0 Å². The van der Waals surface area contributed by atoms with Crippen LogP contribution in [-0.2, 0) is 6.42 Å². The Labute approximate surface area is 86.1 Å². The Bertz CT molecular complexity index is 289. The Balaban J connectivity index is 2.93. The molecule has 0 heterocycles. The van der Waals surface area contributed by atoms with Crippen LogP contribution in [0.2, 0.25) is 0 Å². The van der Waals surface area contributed by atoms with Crippen molar-refractivity contribution in [2.24, 2.45) is 5.73 Å². The zero-order valence-electron chi connectivity index (χ0n) is 6.80. The van der Waals surface area contributed by atoms with Gasteiger partial charge in [0.15, 0.2) is 0 Å². The molecule has 0 aliphatic carbocycles. The van der Waals surface area contributed by atoms with Crippen LogP contribution < -0.4 is 5.73 Å². The van der Waals surface area contributed by atoms with Gasteiger partial charge in [-0.1, -0.05) is 34.2 Å². The van der Waals surface area contributed by atoms with Crippen LogP contribution in [0.25, 0.3) is 0 Å². The minimum Gasteiger partial charge on any atom is -0.393 e. The predicted octanol–water partition coefficient (Wildman–Crippen LogP) is 2.59. The molecular weight excluding hydrogens is 234 g/mol. The number of nitrogens with two attached hydrogens (primary N) is 1. The number of rotatable bonds is 2. The summed E-state index contributed by atoms with van der Waals surface area (Å²) in [6.07, 6.45) is 0.676. The summed E-state index contributed by atoms with van der Waals surface area (Å²) in [5.41, 5.74) is 7.82. The third-order valence-electron chi connectivity index (χ3n) is 1.48. The van der Waals surface area contributed by atoms with Crippen molar-refractivity contribution >= 4 is 33.1 Å². The van der Waals surface area contributed by atoms with E-state index in [1.807, 2.05) is 13.0 Å². The molecule has 0 saturated heterocycles. The average Bonchev–Trinajstić information content (AvgIpc) is 1.81. The fraction of sp³-hybridized carbons (Fsp3) is 0.222. The van der Waals surface area contributed by atoms with Crippen LogP contribution in [0.4, 0.5) is 0 Å². The highest BCUT2D eigenvalue weighted by atomic mass is 79.9. The zero-order valence-corrected chi connectivity index (χ0v) is 9.21. The van der Waals surface area contributed by atoms with Crippen LogP contribution >= 0.6 is 28.1 Å². The molecule has 12 heavy (non-hydrogen) atoms. The first-order chi connectivity index (χ1) is 5.58. The summed E-state index contributed by atoms with van der Waals surface area (Å²) >= 11 is 8.25. The van der Waals surface area contributed by atoms with Crippen LogP contribution in [0.15, 0.2) is 22.7 Å². The van der Waals surface area contributed by atoms with Crippen molar-refractivity contribution in [1.82, 2.24) is 0 Å². The largest absolute Gasteiger partial charge is 0.393 e. The Morgan fingerprint density at radius 3 is 2.67 bits per heavy atom. The molecule has 0 atom stereocenters. The number of thiocarbonyl (C=S) groups is 1. The van der Waals surface area contributed by atoms with Gasteiger partial charge in [0.2, 0.25) is 0 Å². The van der Waals surface area contributed by atoms with Crippen molar-refractivity contribution in [3.05, 3.63) is 33.8 Å². The van der Waals surface area contributed by atoms with Gasteiger partial charge in [0.1, 0.15) is 0 Å². The molecule has 0 saturated carbocycles. The molecule has 3 heteroatoms. The van der Waals surface area contributed by atoms with E-state index in [0.29, 0.717) is 11.4 Å². The van der Waals surface area contributed by atoms with E-state index in [-0.39, 0.29) is 0 Å². The molecule has 64 valence electrons. The Hall–Kier alpha value is -0.410. The molecule has 0 unspecified atom stereocenters. The lowest BCUT2D eigenvalue weighted by molar-refractivity contribution is 1.29. The molecular formula is C9H10BrNS. The Kier molecular flexibility index (Phi) is 3.23. The van der Waals surface area contributed by atoms with Gasteiger partial charge >= 0.3 is 0 Å². The Morgan fingerprint density at radius 1 is 1.50 bits per heavy atom. The molecule has 1 aromatic carbocycles. The first-order valence-electron chi connectivity index (χ1n) is 3.62. The van der Waals surface area contributed by atoms with Crippen LogP contribution in [-0.4, -0.2) is 4.99 Å². The maximum atomic E-state index is 5.44. The molecule has 1 nitrogen and oxygen atoms in total. The number of hydrogen-bond donors (Lipinski definition) is 1. The molecule has 0 radical (unpaired) electrons. The summed E-state index contributed by atoms with van der Waals surface area (Å²) in [6, 6.07) is 6.18. The van der Waals surface area contributed by atoms with Crippen molar-refractivity contribution in [3.63, 3.8) is 0 Å². The first kappa shape index (κ1) is 9.68. The standard InChI is InChI=1S/C9H10BrNS/c1-6-2-7(5-9(11)12)4-8(10)3-6/h2-4H,5H2,1H3,(H2,11,12). The number of benzene rings is 1. The molecule has 0 aromatic heterocycles. The third kappa shape index (κ3) is 2.91. The second-order valence-electron chi connectivity index (χ2n) is 2.78. The maximum Gasteiger partial charge on any atom is 0.0771 e. The number of hydrogen-bond acceptors (Lipinski definition) is 1. The second-order valence-corrected chi connectivity index (χ2v) is 4.22. The third-order valence-corrected chi connectivity index (χ3v) is 2.08. The molecule has 0 fully saturated rings. The van der Waals surface area contributed by atoms with Crippen molar-refractivity contribution < 1.29 is 0 Å². The SMILES string of the molecule is Cc1cc(Br)cc(CC(N)=S)c1. The van der Waals surface area contributed by atoms with E-state index in [4.69, 9.17) is 18.0 Å². The van der Waals surface area contributed by atoms with Crippen molar-refractivity contribution in [3.8, 4) is 0 Å². The minimum absolute atomic E-state index is 0.535. The minimum atomic E-state index is 0.535. The van der Waals surface area contributed by atoms with Gasteiger partial charge in [0, 0.05) is 10.9 Å². The normalized spacial score (nSPS) is 9.83. The molecule has 1 aromatic rings. The van der Waals surface area contributed by atoms with Crippen LogP contribution in [0, 0.1) is 6.92 Å². The van der Waals surface area contributed by atoms with Gasteiger partial charge in [0.05, 0.1) is 4.99 Å². The summed E-state index contributed by atoms with van der Waals surface area (Å²) in [4.78, 5) is 0.535. The zero-order chi connectivity index (χ0) is 9.14. The Morgan fingerprint density at radius 2 is 2.17 bits per heavy atom. The van der Waals surface area contributed by atoms with Crippen molar-refractivity contribution in [2.45, 2.75) is 13.3 Å². The lowest BCUT2D eigenvalue weighted by Crippen LogP contribution is -2.10. The first-order valence-corrected chi connectivity index (χ1v) is 4.82. The molecule has 0 aliphatic rings. The van der Waals surface area contributed by atoms with Crippen LogP contribution in [0.3, 0.4) is 0 Å². The van der Waals surface area contributed by atoms with Crippen LogP contribution in [0.5, 0.6) is 0 Å². The van der Waals surface area contributed by atoms with Crippen molar-refractivity contribution in [1.29, 1.82) is 0 Å². The van der Waals surface area contributed by atoms with E-state index in [2.05, 4.69) is 28.1 Å². The summed E-state index contributed by atoms with van der Waals surface area (Å²) < 4.78 is 1.08. The quantitative estimate of drug-likeness (QED) is 0.809. The molecule has 0 spiro atoms. The summed E-state index contributed by atoms with van der Waals surface area (Å²) in [5, 5.41) is 0. The smallest absolute Gasteiger partial charge is 0.0771 e. The van der Waals surface area contributed by atoms with E-state index in [0.717, 1.165) is 10.0 Å². The lowest BCUT2D eigenvalue weighted by atomic mass is 10.1. The van der Waals surface area contributed by atoms with E-state index in [9.17, 15) is 0 Å². The van der Waals surface area contributed by atoms with Crippen molar-refractivity contribution in [2.75, 3.05) is 0 Å². The number of halogens is 1. The molecule has 0 amide bonds. The van der Waals surface area contributed by atoms with Gasteiger partial charge in [-0.05, 0) is 30.2 Å². The second kappa shape index (κ2) is 4.01. The van der Waals surface area contributed by atoms with Gasteiger partial charge in [-0.2, -0.15) is 0 Å². The van der Waals surface area contributed by atoms with Gasteiger partial charge in [-0.15, -0.1) is 0 Å². The average molecular weight is 244 g/mol. The molecule has 2 N–H and O–H groups in total. The molecule has 0 bridgehead atoms. The predicted molar refractivity (Wildman–Crippen MR) is 59.4 cm³/mol. The fourth-order valence-corrected chi connectivity index (χ4v) is 1.94. The molecule has 0 aliphatic heterocycles. The summed E-state index contributed by atoms with van der Waals surface area (Å²) in [7, 11) is 0. The summed E-state index contributed by atoms with van der Waals surface area (Å²) in [5.74, 6) is 0. The highest BCUT2D eigenvalue weighted by Crippen LogP contribution is 2.15. The highest BCUT2D eigenvalue weighted by molar-refractivity contribution is 9.10. The summed E-state index contributed by atoms with van der Waals surface area (Å²) in [6.45, 7) is 2.05. The van der Waals surface area contributed by atoms with Gasteiger partial charge in [-0.3, -0.25) is 0 Å². The van der Waals surface area contributed by atoms with E-state index < -0.39 is 0 Å². The molecule has 1 rings (SSSR count). The number of aryl methyl sites for hydroxylation is 1. The monoisotopic (exact) mass is 243 g/mol. The fourth-order valence-electron chi connectivity index (χ4n) is 1.12. The highest BCUT2D eigenvalue weighted by Gasteiger charge is 1.97. The topological polar surface area (TPSA) is 26.0 Å². The lowest BCUT2D eigenvalue weighted by Gasteiger charge is -2.02. The van der Waals surface area contributed by atoms with E-state index in [1.165, 1.54) is 5.56 Å². The van der Waals surface area contributed by atoms with E-state index >= 15 is 0 Å². The maximum absolute atomic E-state index is 5.44. The van der Waals surface area contributed by atoms with Gasteiger partial charge in [-0.25, -0.2) is 0 Å².